The number of aromatic amines is 1. The van der Waals surface area contributed by atoms with E-state index in [1.54, 1.807) is 0 Å². The van der Waals surface area contributed by atoms with Crippen LogP contribution in [-0.4, -0.2) is 27.9 Å². The van der Waals surface area contributed by atoms with Gasteiger partial charge < -0.3 is 15.8 Å². The highest BCUT2D eigenvalue weighted by molar-refractivity contribution is 7.80. The van der Waals surface area contributed by atoms with Crippen molar-refractivity contribution in [1.29, 1.82) is 0 Å². The highest BCUT2D eigenvalue weighted by Gasteiger charge is 2.06. The number of hydrogen-bond acceptors (Lipinski definition) is 3. The number of carbonyl (C=O) groups is 1. The van der Waals surface area contributed by atoms with Crippen LogP contribution in [0.1, 0.15) is 0 Å². The Labute approximate surface area is 76.2 Å². The van der Waals surface area contributed by atoms with Crippen molar-refractivity contribution in [1.82, 2.24) is 4.98 Å². The van der Waals surface area contributed by atoms with Crippen LogP contribution in [0.5, 0.6) is 0 Å². The Morgan fingerprint density at radius 1 is 1.58 bits per heavy atom. The summed E-state index contributed by atoms with van der Waals surface area (Å²) in [4.78, 5) is 12.6. The molecule has 0 aromatic carbocycles. The Hall–Kier alpha value is -0.940. The lowest BCUT2D eigenvalue weighted by Crippen LogP contribution is -2.31. The Balaban J connectivity index is 0.000000211. The number of hydrogen-bond donors (Lipinski definition) is 4. The number of nitrogens with one attached hydrogen (secondary N) is 1. The minimum Gasteiger partial charge on any atom is -0.480 e. The molecule has 0 aliphatic rings. The van der Waals surface area contributed by atoms with Crippen LogP contribution in [0.3, 0.4) is 0 Å². The molecule has 0 bridgehead atoms. The van der Waals surface area contributed by atoms with Gasteiger partial charge in [0.05, 0.1) is 0 Å². The molecule has 12 heavy (non-hydrogen) atoms. The van der Waals surface area contributed by atoms with Crippen LogP contribution in [0.25, 0.3) is 0 Å². The number of nitrogens with two attached hydrogens (primary N) is 1. The first-order valence-electron chi connectivity index (χ1n) is 3.35. The van der Waals surface area contributed by atoms with Crippen molar-refractivity contribution < 1.29 is 9.90 Å². The van der Waals surface area contributed by atoms with Gasteiger partial charge in [0.25, 0.3) is 0 Å². The minimum atomic E-state index is -1.00. The molecule has 5 heteroatoms. The summed E-state index contributed by atoms with van der Waals surface area (Å²) < 4.78 is 0. The number of H-pyrrole nitrogens is 1. The van der Waals surface area contributed by atoms with E-state index in [-0.39, 0.29) is 5.75 Å². The molecule has 4 N–H and O–H groups in total. The third-order valence-corrected chi connectivity index (χ3v) is 1.40. The normalized spacial score (nSPS) is 11.2. The van der Waals surface area contributed by atoms with Crippen LogP contribution in [0.4, 0.5) is 0 Å². The van der Waals surface area contributed by atoms with Gasteiger partial charge in [0, 0.05) is 18.1 Å². The summed E-state index contributed by atoms with van der Waals surface area (Å²) in [5, 5.41) is 8.01. The Morgan fingerprint density at radius 3 is 2.17 bits per heavy atom. The van der Waals surface area contributed by atoms with Gasteiger partial charge in [-0.2, -0.15) is 12.6 Å². The molecule has 0 radical (unpaired) electrons. The molecule has 1 aromatic heterocycles. The van der Waals surface area contributed by atoms with Crippen molar-refractivity contribution in [2.45, 2.75) is 6.04 Å². The molecule has 0 saturated heterocycles. The Kier molecular flexibility index (Phi) is 6.22. The smallest absolute Gasteiger partial charge is 0.321 e. The van der Waals surface area contributed by atoms with Gasteiger partial charge in [-0.05, 0) is 12.1 Å². The molecule has 1 rings (SSSR count). The van der Waals surface area contributed by atoms with Crippen LogP contribution in [0.2, 0.25) is 0 Å². The minimum absolute atomic E-state index is 0.190. The van der Waals surface area contributed by atoms with Crippen LogP contribution in [-0.2, 0) is 4.79 Å². The number of thiol groups is 1. The van der Waals surface area contributed by atoms with Gasteiger partial charge in [0.2, 0.25) is 0 Å². The van der Waals surface area contributed by atoms with Gasteiger partial charge in [0.15, 0.2) is 0 Å². The molecule has 0 fully saturated rings. The van der Waals surface area contributed by atoms with E-state index in [1.807, 2.05) is 24.5 Å². The monoisotopic (exact) mass is 188 g/mol. The number of aliphatic carboxylic acids is 1. The fourth-order valence-electron chi connectivity index (χ4n) is 0.356. The molecule has 1 unspecified atom stereocenters. The molecule has 1 heterocycles. The van der Waals surface area contributed by atoms with E-state index in [4.69, 9.17) is 10.8 Å². The number of carboxylic acids is 1. The first-order valence-corrected chi connectivity index (χ1v) is 3.98. The van der Waals surface area contributed by atoms with E-state index in [0.717, 1.165) is 0 Å². The second-order valence-electron chi connectivity index (χ2n) is 2.01. The van der Waals surface area contributed by atoms with Gasteiger partial charge >= 0.3 is 5.97 Å². The number of rotatable bonds is 2. The maximum Gasteiger partial charge on any atom is 0.321 e. The van der Waals surface area contributed by atoms with E-state index in [0.29, 0.717) is 0 Å². The van der Waals surface area contributed by atoms with Gasteiger partial charge in [-0.15, -0.1) is 0 Å². The van der Waals surface area contributed by atoms with Crippen LogP contribution in [0.15, 0.2) is 24.5 Å². The molecule has 0 amide bonds. The maximum atomic E-state index is 9.76. The standard InChI is InChI=1S/C4H5N.C3H7NO2S/c1-2-4-5-3-1;4-2(1-7)3(5)6/h1-5H;2,7H,1,4H2,(H,5,6). The second-order valence-corrected chi connectivity index (χ2v) is 2.38. The molecule has 0 aliphatic heterocycles. The summed E-state index contributed by atoms with van der Waals surface area (Å²) in [6.07, 6.45) is 3.75. The summed E-state index contributed by atoms with van der Waals surface area (Å²) >= 11 is 3.65. The van der Waals surface area contributed by atoms with E-state index in [2.05, 4.69) is 17.6 Å². The zero-order valence-electron chi connectivity index (χ0n) is 6.47. The molecule has 1 aromatic rings. The highest BCUT2D eigenvalue weighted by atomic mass is 32.1. The summed E-state index contributed by atoms with van der Waals surface area (Å²) in [5.41, 5.74) is 4.94. The molecule has 0 saturated carbocycles. The molecular weight excluding hydrogens is 176 g/mol. The zero-order chi connectivity index (χ0) is 9.40. The summed E-state index contributed by atoms with van der Waals surface area (Å²) in [5.74, 6) is -0.815. The molecular formula is C7H12N2O2S. The average molecular weight is 188 g/mol. The molecule has 4 nitrogen and oxygen atoms in total. The lowest BCUT2D eigenvalue weighted by molar-refractivity contribution is -0.137. The van der Waals surface area contributed by atoms with Crippen molar-refractivity contribution in [3.8, 4) is 0 Å². The fourth-order valence-corrected chi connectivity index (χ4v) is 0.512. The zero-order valence-corrected chi connectivity index (χ0v) is 7.37. The quantitative estimate of drug-likeness (QED) is 0.505. The van der Waals surface area contributed by atoms with Gasteiger partial charge in [-0.1, -0.05) is 0 Å². The van der Waals surface area contributed by atoms with Gasteiger partial charge in [-0.25, -0.2) is 0 Å². The van der Waals surface area contributed by atoms with E-state index < -0.39 is 12.0 Å². The average Bonchev–Trinajstić information content (AvgIpc) is 2.59. The molecule has 0 aliphatic carbocycles. The largest absolute Gasteiger partial charge is 0.480 e. The Morgan fingerprint density at radius 2 is 2.08 bits per heavy atom. The first kappa shape index (κ1) is 11.1. The fraction of sp³-hybridized carbons (Fsp3) is 0.286. The SMILES string of the molecule is NC(CS)C(=O)O.c1cc[nH]c1. The van der Waals surface area contributed by atoms with Gasteiger partial charge in [-0.3, -0.25) is 4.79 Å². The van der Waals surface area contributed by atoms with E-state index in [9.17, 15) is 4.79 Å². The Bertz CT molecular complexity index is 184. The van der Waals surface area contributed by atoms with E-state index >= 15 is 0 Å². The van der Waals surface area contributed by atoms with Crippen LogP contribution < -0.4 is 5.73 Å². The third-order valence-electron chi connectivity index (χ3n) is 1.01. The summed E-state index contributed by atoms with van der Waals surface area (Å²) in [6, 6.07) is 3.07. The lowest BCUT2D eigenvalue weighted by Gasteiger charge is -1.96. The van der Waals surface area contributed by atoms with Crippen molar-refractivity contribution in [2.24, 2.45) is 5.73 Å². The van der Waals surface area contributed by atoms with Crippen molar-refractivity contribution in [2.75, 3.05) is 5.75 Å². The van der Waals surface area contributed by atoms with Crippen LogP contribution in [0, 0.1) is 0 Å². The topological polar surface area (TPSA) is 79.1 Å². The van der Waals surface area contributed by atoms with Gasteiger partial charge in [0.1, 0.15) is 6.04 Å². The lowest BCUT2D eigenvalue weighted by atomic mass is 10.4. The predicted molar refractivity (Wildman–Crippen MR) is 50.3 cm³/mol. The van der Waals surface area contributed by atoms with Crippen molar-refractivity contribution >= 4 is 18.6 Å². The van der Waals surface area contributed by atoms with Crippen molar-refractivity contribution in [3.05, 3.63) is 24.5 Å². The number of aromatic nitrogens is 1. The predicted octanol–water partition coefficient (Wildman–Crippen LogP) is 0.343. The molecule has 0 spiro atoms. The first-order chi connectivity index (χ1) is 5.68. The van der Waals surface area contributed by atoms with Crippen molar-refractivity contribution in [3.63, 3.8) is 0 Å². The third kappa shape index (κ3) is 5.82. The molecule has 1 atom stereocenters. The maximum absolute atomic E-state index is 9.76. The molecule has 68 valence electrons. The summed E-state index contributed by atoms with van der Waals surface area (Å²) in [6.45, 7) is 0. The summed E-state index contributed by atoms with van der Waals surface area (Å²) in [7, 11) is 0. The second kappa shape index (κ2) is 6.75. The van der Waals surface area contributed by atoms with E-state index in [1.165, 1.54) is 0 Å². The highest BCUT2D eigenvalue weighted by Crippen LogP contribution is 1.80. The number of carboxylic acid groups (broad SMARTS) is 1. The van der Waals surface area contributed by atoms with Crippen LogP contribution >= 0.6 is 12.6 Å².